The number of esters is 1. The minimum absolute atomic E-state index is 0.0397. The molecule has 0 heterocycles. The van der Waals surface area contributed by atoms with Crippen molar-refractivity contribution >= 4 is 29.0 Å². The molecule has 0 radical (unpaired) electrons. The molecule has 9 nitrogen and oxygen atoms in total. The van der Waals surface area contributed by atoms with E-state index in [1.807, 2.05) is 0 Å². The Balaban J connectivity index is 2.08. The van der Waals surface area contributed by atoms with Crippen LogP contribution in [0.15, 0.2) is 42.5 Å². The van der Waals surface area contributed by atoms with Crippen LogP contribution in [0.25, 0.3) is 0 Å². The molecular formula is C22H24N2O7. The van der Waals surface area contributed by atoms with Crippen molar-refractivity contribution in [3.05, 3.63) is 63.7 Å². The zero-order chi connectivity index (χ0) is 23.1. The number of rotatable bonds is 9. The molecule has 9 heteroatoms. The molecule has 2 aromatic carbocycles. The van der Waals surface area contributed by atoms with E-state index in [4.69, 9.17) is 9.47 Å². The number of ether oxygens (including phenoxy) is 2. The summed E-state index contributed by atoms with van der Waals surface area (Å²) in [4.78, 5) is 47.3. The zero-order valence-electron chi connectivity index (χ0n) is 17.7. The van der Waals surface area contributed by atoms with Crippen molar-refractivity contribution in [2.75, 3.05) is 11.9 Å². The quantitative estimate of drug-likeness (QED) is 0.277. The van der Waals surface area contributed by atoms with Crippen LogP contribution in [-0.2, 0) is 9.53 Å². The number of nitrogens with one attached hydrogen (secondary N) is 1. The van der Waals surface area contributed by atoms with Crippen LogP contribution in [0.1, 0.15) is 48.4 Å². The van der Waals surface area contributed by atoms with Crippen molar-refractivity contribution in [2.45, 2.75) is 33.8 Å². The number of nitrogens with zero attached hydrogens (tertiary/aromatic N) is 1. The Bertz CT molecular complexity index is 984. The first-order valence-corrected chi connectivity index (χ1v) is 9.71. The Labute approximate surface area is 179 Å². The number of benzene rings is 2. The van der Waals surface area contributed by atoms with Gasteiger partial charge in [0.15, 0.2) is 11.9 Å². The molecule has 0 aliphatic rings. The van der Waals surface area contributed by atoms with E-state index < -0.39 is 22.8 Å². The van der Waals surface area contributed by atoms with E-state index in [0.717, 1.165) is 6.07 Å². The monoisotopic (exact) mass is 428 g/mol. The van der Waals surface area contributed by atoms with Gasteiger partial charge in [0.25, 0.3) is 0 Å². The standard InChI is InChI=1S/C22H24N2O7/c1-5-30-19-11-8-16(12-18(19)24(28)29)22(27)31-14(4)20(25)15-6-9-17(10-7-15)23-21(26)13(2)3/h6-14H,5H2,1-4H3,(H,23,26). The minimum Gasteiger partial charge on any atom is -0.487 e. The third kappa shape index (κ3) is 6.11. The smallest absolute Gasteiger partial charge is 0.339 e. The van der Waals surface area contributed by atoms with Gasteiger partial charge in [-0.05, 0) is 50.2 Å². The molecule has 1 atom stereocenters. The minimum atomic E-state index is -1.12. The summed E-state index contributed by atoms with van der Waals surface area (Å²) in [7, 11) is 0. The number of hydrogen-bond donors (Lipinski definition) is 1. The summed E-state index contributed by atoms with van der Waals surface area (Å²) < 4.78 is 10.4. The number of hydrogen-bond acceptors (Lipinski definition) is 7. The van der Waals surface area contributed by atoms with Crippen molar-refractivity contribution < 1.29 is 28.8 Å². The van der Waals surface area contributed by atoms with Gasteiger partial charge in [0, 0.05) is 23.2 Å². The maximum absolute atomic E-state index is 12.6. The van der Waals surface area contributed by atoms with E-state index in [2.05, 4.69) is 5.32 Å². The van der Waals surface area contributed by atoms with E-state index in [-0.39, 0.29) is 35.4 Å². The van der Waals surface area contributed by atoms with Crippen molar-refractivity contribution in [3.8, 4) is 5.75 Å². The van der Waals surface area contributed by atoms with Crippen LogP contribution in [0.4, 0.5) is 11.4 Å². The third-order valence-electron chi connectivity index (χ3n) is 4.31. The molecule has 0 spiro atoms. The summed E-state index contributed by atoms with van der Waals surface area (Å²) in [6, 6.07) is 9.90. The molecule has 0 aromatic heterocycles. The van der Waals surface area contributed by atoms with Crippen LogP contribution in [0.3, 0.4) is 0 Å². The van der Waals surface area contributed by atoms with Gasteiger partial charge in [-0.25, -0.2) is 4.79 Å². The number of ketones is 1. The molecule has 1 unspecified atom stereocenters. The Kier molecular flexibility index (Phi) is 7.84. The Morgan fingerprint density at radius 3 is 2.19 bits per heavy atom. The summed E-state index contributed by atoms with van der Waals surface area (Å²) in [5.74, 6) is -1.61. The van der Waals surface area contributed by atoms with Crippen molar-refractivity contribution in [3.63, 3.8) is 0 Å². The first-order valence-electron chi connectivity index (χ1n) is 9.71. The molecule has 0 aliphatic heterocycles. The third-order valence-corrected chi connectivity index (χ3v) is 4.31. The lowest BCUT2D eigenvalue weighted by Crippen LogP contribution is -2.24. The van der Waals surface area contributed by atoms with Crippen LogP contribution < -0.4 is 10.1 Å². The predicted octanol–water partition coefficient (Wildman–Crippen LogP) is 4.02. The molecule has 0 fully saturated rings. The largest absolute Gasteiger partial charge is 0.487 e. The zero-order valence-corrected chi connectivity index (χ0v) is 17.7. The van der Waals surface area contributed by atoms with Gasteiger partial charge in [-0.3, -0.25) is 19.7 Å². The van der Waals surface area contributed by atoms with Crippen molar-refractivity contribution in [2.24, 2.45) is 5.92 Å². The number of amides is 1. The second kappa shape index (κ2) is 10.3. The van der Waals surface area contributed by atoms with Gasteiger partial charge in [-0.15, -0.1) is 0 Å². The summed E-state index contributed by atoms with van der Waals surface area (Å²) in [5, 5.41) is 13.9. The van der Waals surface area contributed by atoms with E-state index in [1.165, 1.54) is 31.2 Å². The number of anilines is 1. The van der Waals surface area contributed by atoms with Crippen LogP contribution in [0.2, 0.25) is 0 Å². The van der Waals surface area contributed by atoms with Crippen LogP contribution in [0, 0.1) is 16.0 Å². The second-order valence-electron chi connectivity index (χ2n) is 7.01. The van der Waals surface area contributed by atoms with Crippen LogP contribution in [0.5, 0.6) is 5.75 Å². The van der Waals surface area contributed by atoms with Gasteiger partial charge in [0.1, 0.15) is 0 Å². The Morgan fingerprint density at radius 2 is 1.65 bits per heavy atom. The van der Waals surface area contributed by atoms with E-state index in [1.54, 1.807) is 32.9 Å². The number of nitro benzene ring substituents is 1. The molecule has 0 saturated carbocycles. The molecule has 164 valence electrons. The lowest BCUT2D eigenvalue weighted by atomic mass is 10.1. The summed E-state index contributed by atoms with van der Waals surface area (Å²) in [6.07, 6.45) is -1.12. The maximum atomic E-state index is 12.6. The first-order chi connectivity index (χ1) is 14.6. The highest BCUT2D eigenvalue weighted by Gasteiger charge is 2.23. The normalized spacial score (nSPS) is 11.5. The van der Waals surface area contributed by atoms with Gasteiger partial charge in [0.05, 0.1) is 17.1 Å². The maximum Gasteiger partial charge on any atom is 0.339 e. The Morgan fingerprint density at radius 1 is 1.03 bits per heavy atom. The number of nitro groups is 1. The molecule has 2 aromatic rings. The number of carbonyl (C=O) groups excluding carboxylic acids is 3. The van der Waals surface area contributed by atoms with Gasteiger partial charge in [0.2, 0.25) is 11.7 Å². The molecule has 0 bridgehead atoms. The average Bonchev–Trinajstić information content (AvgIpc) is 2.73. The average molecular weight is 428 g/mol. The number of Topliss-reactive ketones (excluding diaryl/α,β-unsaturated/α-hetero) is 1. The topological polar surface area (TPSA) is 125 Å². The molecular weight excluding hydrogens is 404 g/mol. The summed E-state index contributed by atoms with van der Waals surface area (Å²) in [5.41, 5.74) is 0.401. The van der Waals surface area contributed by atoms with Gasteiger partial charge in [-0.2, -0.15) is 0 Å². The lowest BCUT2D eigenvalue weighted by Gasteiger charge is -2.13. The summed E-state index contributed by atoms with van der Waals surface area (Å²) in [6.45, 7) is 6.86. The fourth-order valence-electron chi connectivity index (χ4n) is 2.59. The highest BCUT2D eigenvalue weighted by Crippen LogP contribution is 2.28. The van der Waals surface area contributed by atoms with Gasteiger partial charge in [-0.1, -0.05) is 13.8 Å². The van der Waals surface area contributed by atoms with Crippen molar-refractivity contribution in [1.29, 1.82) is 0 Å². The van der Waals surface area contributed by atoms with Crippen LogP contribution in [-0.4, -0.2) is 35.3 Å². The van der Waals surface area contributed by atoms with Gasteiger partial charge < -0.3 is 14.8 Å². The van der Waals surface area contributed by atoms with E-state index in [9.17, 15) is 24.5 Å². The SMILES string of the molecule is CCOc1ccc(C(=O)OC(C)C(=O)c2ccc(NC(=O)C(C)C)cc2)cc1[N+](=O)[O-]. The highest BCUT2D eigenvalue weighted by molar-refractivity contribution is 6.02. The fraction of sp³-hybridized carbons (Fsp3) is 0.318. The molecule has 2 rings (SSSR count). The summed E-state index contributed by atoms with van der Waals surface area (Å²) >= 11 is 0. The highest BCUT2D eigenvalue weighted by atomic mass is 16.6. The number of carbonyl (C=O) groups is 3. The first kappa shape index (κ1) is 23.5. The predicted molar refractivity (Wildman–Crippen MR) is 113 cm³/mol. The van der Waals surface area contributed by atoms with E-state index >= 15 is 0 Å². The van der Waals surface area contributed by atoms with Crippen molar-refractivity contribution in [1.82, 2.24) is 0 Å². The lowest BCUT2D eigenvalue weighted by molar-refractivity contribution is -0.385. The molecule has 0 aliphatic carbocycles. The second-order valence-corrected chi connectivity index (χ2v) is 7.01. The van der Waals surface area contributed by atoms with Gasteiger partial charge >= 0.3 is 11.7 Å². The molecule has 0 saturated heterocycles. The molecule has 31 heavy (non-hydrogen) atoms. The molecule has 1 N–H and O–H groups in total. The van der Waals surface area contributed by atoms with E-state index in [0.29, 0.717) is 11.3 Å². The fourth-order valence-corrected chi connectivity index (χ4v) is 2.59. The van der Waals surface area contributed by atoms with Crippen LogP contribution >= 0.6 is 0 Å². The molecule has 1 amide bonds. The Hall–Kier alpha value is -3.75.